The maximum Gasteiger partial charge on any atom is 0.264 e. The van der Waals surface area contributed by atoms with Gasteiger partial charge in [0.15, 0.2) is 11.5 Å². The molecule has 0 N–H and O–H groups in total. The van der Waals surface area contributed by atoms with Crippen molar-refractivity contribution >= 4 is 33.2 Å². The number of nitrogens with zero attached hydrogens (tertiary/aromatic N) is 2. The van der Waals surface area contributed by atoms with Crippen molar-refractivity contribution in [3.8, 4) is 17.2 Å². The average Bonchev–Trinajstić information content (AvgIpc) is 2.88. The molecule has 0 aliphatic carbocycles. The van der Waals surface area contributed by atoms with Crippen LogP contribution in [0, 0.1) is 0 Å². The molecule has 0 spiro atoms. The molecule has 0 bridgehead atoms. The second-order valence-electron chi connectivity index (χ2n) is 8.05. The summed E-state index contributed by atoms with van der Waals surface area (Å²) < 4.78 is 43.1. The molecule has 192 valence electrons. The Labute approximate surface area is 217 Å². The molecule has 8 nitrogen and oxygen atoms in total. The molecule has 0 saturated carbocycles. The third-order valence-corrected chi connectivity index (χ3v) is 7.75. The molecule has 3 aromatic carbocycles. The molecule has 0 atom stereocenters. The van der Waals surface area contributed by atoms with Gasteiger partial charge in [0.1, 0.15) is 0 Å². The predicted octanol–water partition coefficient (Wildman–Crippen LogP) is 4.39. The summed E-state index contributed by atoms with van der Waals surface area (Å²) in [6.45, 7) is 0.343. The highest BCUT2D eigenvalue weighted by Gasteiger charge is 2.21. The Balaban J connectivity index is 1.69. The number of sulfonamides is 1. The summed E-state index contributed by atoms with van der Waals surface area (Å²) in [6, 6.07) is 16.4. The number of carbonyl (C=O) groups excluding carboxylic acids is 1. The van der Waals surface area contributed by atoms with Crippen molar-refractivity contribution in [2.75, 3.05) is 39.7 Å². The molecule has 0 saturated heterocycles. The van der Waals surface area contributed by atoms with E-state index in [-0.39, 0.29) is 17.2 Å². The number of benzene rings is 3. The van der Waals surface area contributed by atoms with Crippen LogP contribution < -0.4 is 18.5 Å². The van der Waals surface area contributed by atoms with Crippen molar-refractivity contribution < 1.29 is 27.4 Å². The molecule has 0 aliphatic rings. The average molecular weight is 533 g/mol. The number of hydrogen-bond donors (Lipinski definition) is 0. The Morgan fingerprint density at radius 2 is 1.39 bits per heavy atom. The lowest BCUT2D eigenvalue weighted by Gasteiger charge is -2.21. The lowest BCUT2D eigenvalue weighted by molar-refractivity contribution is -0.129. The van der Waals surface area contributed by atoms with E-state index in [0.717, 1.165) is 11.1 Å². The molecule has 36 heavy (non-hydrogen) atoms. The molecule has 3 rings (SSSR count). The van der Waals surface area contributed by atoms with Crippen molar-refractivity contribution in [3.05, 3.63) is 76.8 Å². The quantitative estimate of drug-likeness (QED) is 0.385. The molecular formula is C26H29ClN2O6S. The van der Waals surface area contributed by atoms with Gasteiger partial charge in [-0.3, -0.25) is 9.10 Å². The van der Waals surface area contributed by atoms with Crippen molar-refractivity contribution in [1.82, 2.24) is 4.90 Å². The van der Waals surface area contributed by atoms with Crippen molar-refractivity contribution in [3.63, 3.8) is 0 Å². The minimum absolute atomic E-state index is 0.0985. The third-order valence-electron chi connectivity index (χ3n) is 5.70. The largest absolute Gasteiger partial charge is 0.493 e. The van der Waals surface area contributed by atoms with Gasteiger partial charge in [0, 0.05) is 25.7 Å². The van der Waals surface area contributed by atoms with Gasteiger partial charge in [0.05, 0.1) is 38.3 Å². The van der Waals surface area contributed by atoms with Gasteiger partial charge in [-0.15, -0.1) is 0 Å². The van der Waals surface area contributed by atoms with E-state index in [4.69, 9.17) is 25.8 Å². The van der Waals surface area contributed by atoms with Crippen LogP contribution in [0.1, 0.15) is 11.1 Å². The van der Waals surface area contributed by atoms with Crippen molar-refractivity contribution in [2.45, 2.75) is 17.9 Å². The summed E-state index contributed by atoms with van der Waals surface area (Å²) in [5.41, 5.74) is 2.06. The fourth-order valence-electron chi connectivity index (χ4n) is 3.63. The van der Waals surface area contributed by atoms with Crippen LogP contribution >= 0.6 is 11.6 Å². The third kappa shape index (κ3) is 6.03. The summed E-state index contributed by atoms with van der Waals surface area (Å²) >= 11 is 5.87. The topological polar surface area (TPSA) is 85.4 Å². The van der Waals surface area contributed by atoms with Gasteiger partial charge in [0.2, 0.25) is 11.7 Å². The fourth-order valence-corrected chi connectivity index (χ4v) is 4.95. The van der Waals surface area contributed by atoms with E-state index < -0.39 is 10.0 Å². The summed E-state index contributed by atoms with van der Waals surface area (Å²) in [6.07, 6.45) is 0.162. The van der Waals surface area contributed by atoms with Crippen molar-refractivity contribution in [2.24, 2.45) is 0 Å². The SMILES string of the molecule is COc1cc(CN(C)C(=O)Cc2ccc(N(C)S(=O)(=O)c3ccc(Cl)cc3)cc2)cc(OC)c1OC. The van der Waals surface area contributed by atoms with Gasteiger partial charge in [-0.1, -0.05) is 23.7 Å². The first-order chi connectivity index (χ1) is 17.1. The number of anilines is 1. The van der Waals surface area contributed by atoms with Crippen LogP contribution in [0.2, 0.25) is 5.02 Å². The van der Waals surface area contributed by atoms with E-state index in [1.54, 1.807) is 48.3 Å². The van der Waals surface area contributed by atoms with Crippen molar-refractivity contribution in [1.29, 1.82) is 0 Å². The molecule has 3 aromatic rings. The minimum Gasteiger partial charge on any atom is -0.493 e. The Morgan fingerprint density at radius 3 is 1.89 bits per heavy atom. The van der Waals surface area contributed by atoms with Gasteiger partial charge in [-0.05, 0) is 59.7 Å². The van der Waals surface area contributed by atoms with Crippen LogP contribution in [0.5, 0.6) is 17.2 Å². The zero-order valence-electron chi connectivity index (χ0n) is 20.8. The number of amides is 1. The zero-order chi connectivity index (χ0) is 26.5. The van der Waals surface area contributed by atoms with Crippen LogP contribution in [-0.2, 0) is 27.8 Å². The molecule has 0 aromatic heterocycles. The van der Waals surface area contributed by atoms with Crippen LogP contribution in [0.3, 0.4) is 0 Å². The Kier molecular flexibility index (Phi) is 8.70. The maximum atomic E-state index is 12.9. The number of likely N-dealkylation sites (N-methyl/N-ethyl adjacent to an activating group) is 1. The number of ether oxygens (including phenoxy) is 3. The van der Waals surface area contributed by atoms with Crippen LogP contribution in [0.4, 0.5) is 5.69 Å². The molecule has 0 aliphatic heterocycles. The number of hydrogen-bond acceptors (Lipinski definition) is 6. The fraction of sp³-hybridized carbons (Fsp3) is 0.269. The Hall–Kier alpha value is -3.43. The Morgan fingerprint density at radius 1 is 0.833 bits per heavy atom. The van der Waals surface area contributed by atoms with Gasteiger partial charge >= 0.3 is 0 Å². The van der Waals surface area contributed by atoms with Crippen LogP contribution in [0.25, 0.3) is 0 Å². The predicted molar refractivity (Wildman–Crippen MR) is 140 cm³/mol. The van der Waals surface area contributed by atoms with Gasteiger partial charge in [0.25, 0.3) is 10.0 Å². The summed E-state index contributed by atoms with van der Waals surface area (Å²) in [7, 11) is 4.07. The smallest absolute Gasteiger partial charge is 0.264 e. The van der Waals surface area contributed by atoms with Gasteiger partial charge < -0.3 is 19.1 Å². The highest BCUT2D eigenvalue weighted by molar-refractivity contribution is 7.92. The zero-order valence-corrected chi connectivity index (χ0v) is 22.4. The lowest BCUT2D eigenvalue weighted by Crippen LogP contribution is -2.28. The van der Waals surface area contributed by atoms with E-state index in [1.165, 1.54) is 56.9 Å². The molecule has 0 fully saturated rings. The molecule has 0 unspecified atom stereocenters. The van der Waals surface area contributed by atoms with Gasteiger partial charge in [-0.2, -0.15) is 0 Å². The standard InChI is InChI=1S/C26H29ClN2O6S/c1-28(17-19-14-23(33-3)26(35-5)24(15-19)34-4)25(30)16-18-6-10-21(11-7-18)29(2)36(31,32)22-12-8-20(27)9-13-22/h6-15H,16-17H2,1-5H3. The number of rotatable bonds is 10. The van der Waals surface area contributed by atoms with E-state index >= 15 is 0 Å². The summed E-state index contributed by atoms with van der Waals surface area (Å²) in [4.78, 5) is 14.6. The minimum atomic E-state index is -3.74. The first kappa shape index (κ1) is 27.2. The molecular weight excluding hydrogens is 504 g/mol. The lowest BCUT2D eigenvalue weighted by atomic mass is 10.1. The Bertz CT molecular complexity index is 1290. The van der Waals surface area contributed by atoms with Gasteiger partial charge in [-0.25, -0.2) is 8.42 Å². The summed E-state index contributed by atoms with van der Waals surface area (Å²) in [5.74, 6) is 1.42. The number of carbonyl (C=O) groups is 1. The highest BCUT2D eigenvalue weighted by Crippen LogP contribution is 2.38. The van der Waals surface area contributed by atoms with Crippen LogP contribution in [0.15, 0.2) is 65.6 Å². The molecule has 1 amide bonds. The second kappa shape index (κ2) is 11.5. The molecule has 0 heterocycles. The molecule has 10 heteroatoms. The van der Waals surface area contributed by atoms with E-state index in [1.807, 2.05) is 0 Å². The monoisotopic (exact) mass is 532 g/mol. The first-order valence-electron chi connectivity index (χ1n) is 11.0. The number of halogens is 1. The highest BCUT2D eigenvalue weighted by atomic mass is 35.5. The first-order valence-corrected chi connectivity index (χ1v) is 12.8. The van der Waals surface area contributed by atoms with E-state index in [2.05, 4.69) is 0 Å². The second-order valence-corrected chi connectivity index (χ2v) is 10.5. The number of methoxy groups -OCH3 is 3. The van der Waals surface area contributed by atoms with E-state index in [0.29, 0.717) is 34.5 Å². The summed E-state index contributed by atoms with van der Waals surface area (Å²) in [5, 5.41) is 0.459. The molecule has 0 radical (unpaired) electrons. The van der Waals surface area contributed by atoms with Crippen LogP contribution in [-0.4, -0.2) is 54.6 Å². The van der Waals surface area contributed by atoms with E-state index in [9.17, 15) is 13.2 Å². The normalized spacial score (nSPS) is 11.1. The maximum absolute atomic E-state index is 12.9.